The number of nitriles is 1. The number of benzene rings is 1. The van der Waals surface area contributed by atoms with E-state index in [1.807, 2.05) is 6.07 Å². The van der Waals surface area contributed by atoms with Crippen LogP contribution in [0.1, 0.15) is 22.8 Å². The van der Waals surface area contributed by atoms with Crippen LogP contribution < -0.4 is 0 Å². The molecule has 1 aromatic carbocycles. The maximum Gasteiger partial charge on any atom is 0.159 e. The maximum atomic E-state index is 10.9. The molecule has 0 unspecified atom stereocenters. The maximum absolute atomic E-state index is 10.9. The van der Waals surface area contributed by atoms with Gasteiger partial charge in [0.2, 0.25) is 0 Å². The number of rotatable bonds is 1. The van der Waals surface area contributed by atoms with Crippen molar-refractivity contribution in [3.8, 4) is 6.07 Å². The molecule has 1 rings (SSSR count). The Labute approximate surface area is 75.4 Å². The van der Waals surface area contributed by atoms with Crippen LogP contribution in [0, 0.1) is 11.3 Å². The summed E-state index contributed by atoms with van der Waals surface area (Å²) in [6.07, 6.45) is 0. The zero-order valence-electron chi connectivity index (χ0n) is 6.47. The molecule has 60 valence electrons. The topological polar surface area (TPSA) is 40.9 Å². The molecule has 0 saturated carbocycles. The highest BCUT2D eigenvalue weighted by atomic mass is 35.5. The van der Waals surface area contributed by atoms with E-state index in [-0.39, 0.29) is 5.78 Å². The molecular weight excluding hydrogens is 174 g/mol. The zero-order chi connectivity index (χ0) is 9.14. The van der Waals surface area contributed by atoms with Gasteiger partial charge < -0.3 is 0 Å². The Hall–Kier alpha value is -1.33. The first-order chi connectivity index (χ1) is 5.63. The third kappa shape index (κ3) is 1.84. The van der Waals surface area contributed by atoms with Crippen LogP contribution in [0.15, 0.2) is 18.2 Å². The molecule has 2 nitrogen and oxygen atoms in total. The highest BCUT2D eigenvalue weighted by Gasteiger charge is 2.02. The molecule has 0 radical (unpaired) electrons. The average molecular weight is 180 g/mol. The molecule has 0 aromatic heterocycles. The highest BCUT2D eigenvalue weighted by molar-refractivity contribution is 6.31. The van der Waals surface area contributed by atoms with Gasteiger partial charge >= 0.3 is 0 Å². The van der Waals surface area contributed by atoms with E-state index < -0.39 is 0 Å². The minimum absolute atomic E-state index is 0.0889. The number of halogens is 1. The SMILES string of the molecule is CC(=O)c1cc(Cl)cc(C#N)c1. The van der Waals surface area contributed by atoms with Crippen LogP contribution in [-0.4, -0.2) is 5.78 Å². The van der Waals surface area contributed by atoms with Gasteiger partial charge in [-0.2, -0.15) is 5.26 Å². The second kappa shape index (κ2) is 3.38. The summed E-state index contributed by atoms with van der Waals surface area (Å²) in [5, 5.41) is 8.96. The molecule has 0 atom stereocenters. The van der Waals surface area contributed by atoms with Crippen molar-refractivity contribution < 1.29 is 4.79 Å². The Balaban J connectivity index is 3.26. The normalized spacial score (nSPS) is 9.08. The van der Waals surface area contributed by atoms with Crippen molar-refractivity contribution >= 4 is 17.4 Å². The minimum Gasteiger partial charge on any atom is -0.295 e. The molecule has 0 N–H and O–H groups in total. The van der Waals surface area contributed by atoms with E-state index in [4.69, 9.17) is 16.9 Å². The van der Waals surface area contributed by atoms with E-state index in [0.717, 1.165) is 0 Å². The van der Waals surface area contributed by atoms with Gasteiger partial charge in [0.25, 0.3) is 0 Å². The number of ketones is 1. The molecule has 1 aromatic rings. The first-order valence-electron chi connectivity index (χ1n) is 3.35. The van der Waals surface area contributed by atoms with Crippen molar-refractivity contribution in [2.45, 2.75) is 6.92 Å². The molecule has 0 aliphatic heterocycles. The van der Waals surface area contributed by atoms with E-state index in [0.29, 0.717) is 16.1 Å². The molecule has 0 saturated heterocycles. The third-order valence-corrected chi connectivity index (χ3v) is 1.65. The van der Waals surface area contributed by atoms with Gasteiger partial charge in [0.1, 0.15) is 0 Å². The summed E-state index contributed by atoms with van der Waals surface area (Å²) in [5.74, 6) is -0.0889. The molecule has 0 spiro atoms. The molecule has 0 amide bonds. The van der Waals surface area contributed by atoms with Crippen molar-refractivity contribution in [3.05, 3.63) is 34.3 Å². The van der Waals surface area contributed by atoms with Crippen molar-refractivity contribution in [1.29, 1.82) is 5.26 Å². The first kappa shape index (κ1) is 8.76. The van der Waals surface area contributed by atoms with Crippen LogP contribution in [0.3, 0.4) is 0 Å². The predicted octanol–water partition coefficient (Wildman–Crippen LogP) is 2.41. The smallest absolute Gasteiger partial charge is 0.159 e. The molecule has 0 aliphatic rings. The van der Waals surface area contributed by atoms with E-state index in [1.54, 1.807) is 6.07 Å². The number of hydrogen-bond donors (Lipinski definition) is 0. The van der Waals surface area contributed by atoms with Crippen LogP contribution in [-0.2, 0) is 0 Å². The Morgan fingerprint density at radius 2 is 2.17 bits per heavy atom. The van der Waals surface area contributed by atoms with Gasteiger partial charge in [-0.3, -0.25) is 4.79 Å². The van der Waals surface area contributed by atoms with E-state index in [1.165, 1.54) is 19.1 Å². The Morgan fingerprint density at radius 3 is 2.67 bits per heavy atom. The summed E-state index contributed by atoms with van der Waals surface area (Å²) in [5.41, 5.74) is 0.881. The van der Waals surface area contributed by atoms with Crippen LogP contribution >= 0.6 is 11.6 Å². The van der Waals surface area contributed by atoms with E-state index in [2.05, 4.69) is 0 Å². The van der Waals surface area contributed by atoms with E-state index >= 15 is 0 Å². The molecule has 0 bridgehead atoms. The van der Waals surface area contributed by atoms with E-state index in [9.17, 15) is 4.79 Å². The lowest BCUT2D eigenvalue weighted by molar-refractivity contribution is 0.101. The fourth-order valence-corrected chi connectivity index (χ4v) is 1.09. The number of nitrogens with zero attached hydrogens (tertiary/aromatic N) is 1. The lowest BCUT2D eigenvalue weighted by Crippen LogP contribution is -1.92. The number of carbonyl (C=O) groups is 1. The van der Waals surface area contributed by atoms with Gasteiger partial charge in [-0.05, 0) is 25.1 Å². The number of hydrogen-bond acceptors (Lipinski definition) is 2. The van der Waals surface area contributed by atoms with Crippen LogP contribution in [0.5, 0.6) is 0 Å². The lowest BCUT2D eigenvalue weighted by Gasteiger charge is -1.96. The van der Waals surface area contributed by atoms with Gasteiger partial charge in [0, 0.05) is 10.6 Å². The van der Waals surface area contributed by atoms with Crippen molar-refractivity contribution in [1.82, 2.24) is 0 Å². The largest absolute Gasteiger partial charge is 0.295 e. The van der Waals surface area contributed by atoms with Crippen molar-refractivity contribution in [2.75, 3.05) is 0 Å². The summed E-state index contributed by atoms with van der Waals surface area (Å²) in [6, 6.07) is 6.52. The number of Topliss-reactive ketones (excluding diaryl/α,β-unsaturated/α-hetero) is 1. The lowest BCUT2D eigenvalue weighted by atomic mass is 10.1. The second-order valence-corrected chi connectivity index (χ2v) is 2.83. The Bertz CT molecular complexity index is 365. The summed E-state index contributed by atoms with van der Waals surface area (Å²) in [7, 11) is 0. The first-order valence-corrected chi connectivity index (χ1v) is 3.73. The Morgan fingerprint density at radius 1 is 1.50 bits per heavy atom. The Kier molecular flexibility index (Phi) is 2.47. The molecule has 0 fully saturated rings. The molecule has 0 aliphatic carbocycles. The molecule has 0 heterocycles. The van der Waals surface area contributed by atoms with Gasteiger partial charge in [-0.25, -0.2) is 0 Å². The highest BCUT2D eigenvalue weighted by Crippen LogP contribution is 2.14. The molecule has 12 heavy (non-hydrogen) atoms. The predicted molar refractivity (Wildman–Crippen MR) is 46.2 cm³/mol. The third-order valence-electron chi connectivity index (χ3n) is 1.43. The second-order valence-electron chi connectivity index (χ2n) is 2.40. The van der Waals surface area contributed by atoms with Gasteiger partial charge in [0.05, 0.1) is 11.6 Å². The summed E-state index contributed by atoms with van der Waals surface area (Å²) >= 11 is 5.67. The van der Waals surface area contributed by atoms with Gasteiger partial charge in [-0.15, -0.1) is 0 Å². The van der Waals surface area contributed by atoms with Crippen molar-refractivity contribution in [2.24, 2.45) is 0 Å². The average Bonchev–Trinajstić information content (AvgIpc) is 2.03. The zero-order valence-corrected chi connectivity index (χ0v) is 7.22. The van der Waals surface area contributed by atoms with Crippen LogP contribution in [0.4, 0.5) is 0 Å². The summed E-state index contributed by atoms with van der Waals surface area (Å²) in [4.78, 5) is 10.9. The van der Waals surface area contributed by atoms with Crippen molar-refractivity contribution in [3.63, 3.8) is 0 Å². The summed E-state index contributed by atoms with van der Waals surface area (Å²) in [6.45, 7) is 1.44. The number of carbonyl (C=O) groups excluding carboxylic acids is 1. The summed E-state index contributed by atoms with van der Waals surface area (Å²) < 4.78 is 0. The quantitative estimate of drug-likeness (QED) is 0.622. The van der Waals surface area contributed by atoms with Crippen LogP contribution in [0.25, 0.3) is 0 Å². The monoisotopic (exact) mass is 179 g/mol. The standard InChI is InChI=1S/C9H6ClNO/c1-6(12)8-2-7(5-11)3-9(10)4-8/h2-4H,1H3. The van der Waals surface area contributed by atoms with Gasteiger partial charge in [-0.1, -0.05) is 11.6 Å². The van der Waals surface area contributed by atoms with Gasteiger partial charge in [0.15, 0.2) is 5.78 Å². The van der Waals surface area contributed by atoms with Crippen LogP contribution in [0.2, 0.25) is 5.02 Å². The minimum atomic E-state index is -0.0889. The molecular formula is C9H6ClNO. The fourth-order valence-electron chi connectivity index (χ4n) is 0.857. The fraction of sp³-hybridized carbons (Fsp3) is 0.111. The molecule has 3 heteroatoms.